The summed E-state index contributed by atoms with van der Waals surface area (Å²) >= 11 is 0. The molecule has 0 N–H and O–H groups in total. The molecule has 1 aromatic rings. The minimum absolute atomic E-state index is 0.134. The number of Topliss-reactive ketones (excluding diaryl/α,β-unsaturated/α-hetero) is 1. The van der Waals surface area contributed by atoms with Crippen molar-refractivity contribution in [2.75, 3.05) is 0 Å². The van der Waals surface area contributed by atoms with Crippen LogP contribution >= 0.6 is 0 Å². The molecule has 0 spiro atoms. The zero-order chi connectivity index (χ0) is 9.54. The number of carbonyl (C=O) groups is 1. The summed E-state index contributed by atoms with van der Waals surface area (Å²) in [6.45, 7) is 0. The highest BCUT2D eigenvalue weighted by atomic mass is 16.6. The summed E-state index contributed by atoms with van der Waals surface area (Å²) in [6.07, 6.45) is 2.58. The predicted molar refractivity (Wildman–Crippen MR) is 52.2 cm³/mol. The van der Waals surface area contributed by atoms with E-state index >= 15 is 0 Å². The van der Waals surface area contributed by atoms with Gasteiger partial charge in [0, 0.05) is 5.56 Å². The molecule has 0 amide bonds. The van der Waals surface area contributed by atoms with Gasteiger partial charge in [0.05, 0.1) is 6.10 Å². The van der Waals surface area contributed by atoms with Gasteiger partial charge in [0.15, 0.2) is 5.78 Å². The lowest BCUT2D eigenvalue weighted by Gasteiger charge is -1.95. The first-order valence-electron chi connectivity index (χ1n) is 5.11. The Hall–Kier alpha value is -1.15. The summed E-state index contributed by atoms with van der Waals surface area (Å²) in [6, 6.07) is 9.41. The number of carbonyl (C=O) groups excluding carboxylic acids is 1. The van der Waals surface area contributed by atoms with Gasteiger partial charge in [-0.05, 0) is 18.8 Å². The van der Waals surface area contributed by atoms with Gasteiger partial charge < -0.3 is 4.74 Å². The number of benzene rings is 1. The maximum absolute atomic E-state index is 11.8. The molecule has 1 saturated carbocycles. The zero-order valence-corrected chi connectivity index (χ0v) is 7.85. The van der Waals surface area contributed by atoms with E-state index < -0.39 is 0 Å². The standard InChI is InChI=1S/C12H12O2/c13-10(8-4-2-1-3-5-8)12-11(14-12)9-6-7-9/h1-5,9,11-12H,6-7H2/t11-,12-/m0/s1. The molecule has 1 heterocycles. The van der Waals surface area contributed by atoms with E-state index in [9.17, 15) is 4.79 Å². The van der Waals surface area contributed by atoms with Crippen molar-refractivity contribution in [3.8, 4) is 0 Å². The van der Waals surface area contributed by atoms with Crippen LogP contribution in [0.5, 0.6) is 0 Å². The summed E-state index contributed by atoms with van der Waals surface area (Å²) in [5.41, 5.74) is 0.778. The first-order valence-corrected chi connectivity index (χ1v) is 5.11. The van der Waals surface area contributed by atoms with Crippen LogP contribution in [0.15, 0.2) is 30.3 Å². The third-order valence-electron chi connectivity index (χ3n) is 2.93. The molecule has 2 atom stereocenters. The highest BCUT2D eigenvalue weighted by Gasteiger charge is 2.53. The Labute approximate surface area is 82.9 Å². The Morgan fingerprint density at radius 2 is 1.93 bits per heavy atom. The highest BCUT2D eigenvalue weighted by Crippen LogP contribution is 2.45. The molecule has 1 aliphatic heterocycles. The van der Waals surface area contributed by atoms with Crippen molar-refractivity contribution in [2.45, 2.75) is 25.0 Å². The molecule has 1 saturated heterocycles. The molecule has 0 aromatic heterocycles. The lowest BCUT2D eigenvalue weighted by atomic mass is 10.1. The number of ketones is 1. The van der Waals surface area contributed by atoms with Crippen molar-refractivity contribution in [2.24, 2.45) is 5.92 Å². The summed E-state index contributed by atoms with van der Waals surface area (Å²) in [5.74, 6) is 0.829. The quantitative estimate of drug-likeness (QED) is 0.536. The number of hydrogen-bond acceptors (Lipinski definition) is 2. The molecule has 2 aliphatic rings. The van der Waals surface area contributed by atoms with Crippen LogP contribution in [0, 0.1) is 5.92 Å². The van der Waals surface area contributed by atoms with Crippen molar-refractivity contribution >= 4 is 5.78 Å². The van der Waals surface area contributed by atoms with E-state index in [0.29, 0.717) is 5.92 Å². The molecule has 14 heavy (non-hydrogen) atoms. The van der Waals surface area contributed by atoms with Crippen LogP contribution in [0.3, 0.4) is 0 Å². The predicted octanol–water partition coefficient (Wildman–Crippen LogP) is 2.05. The van der Waals surface area contributed by atoms with Crippen LogP contribution in [0.4, 0.5) is 0 Å². The molecule has 2 heteroatoms. The van der Waals surface area contributed by atoms with Gasteiger partial charge in [0.1, 0.15) is 6.10 Å². The molecule has 0 bridgehead atoms. The third-order valence-corrected chi connectivity index (χ3v) is 2.93. The Morgan fingerprint density at radius 1 is 1.21 bits per heavy atom. The minimum Gasteiger partial charge on any atom is -0.361 e. The fourth-order valence-electron chi connectivity index (χ4n) is 1.88. The van der Waals surface area contributed by atoms with Crippen LogP contribution in [0.25, 0.3) is 0 Å². The molecule has 3 rings (SSSR count). The summed E-state index contributed by atoms with van der Waals surface area (Å²) in [4.78, 5) is 11.8. The van der Waals surface area contributed by atoms with E-state index in [1.807, 2.05) is 30.3 Å². The first kappa shape index (κ1) is 8.18. The van der Waals surface area contributed by atoms with Gasteiger partial charge in [-0.2, -0.15) is 0 Å². The van der Waals surface area contributed by atoms with Gasteiger partial charge in [-0.25, -0.2) is 0 Å². The second-order valence-corrected chi connectivity index (χ2v) is 4.09. The van der Waals surface area contributed by atoms with E-state index in [-0.39, 0.29) is 18.0 Å². The summed E-state index contributed by atoms with van der Waals surface area (Å²) < 4.78 is 5.41. The van der Waals surface area contributed by atoms with E-state index in [1.54, 1.807) is 0 Å². The fraction of sp³-hybridized carbons (Fsp3) is 0.417. The lowest BCUT2D eigenvalue weighted by molar-refractivity contribution is 0.0953. The van der Waals surface area contributed by atoms with Gasteiger partial charge in [-0.1, -0.05) is 30.3 Å². The van der Waals surface area contributed by atoms with Gasteiger partial charge in [0.25, 0.3) is 0 Å². The average molecular weight is 188 g/mol. The van der Waals surface area contributed by atoms with Gasteiger partial charge in [-0.15, -0.1) is 0 Å². The second kappa shape index (κ2) is 2.92. The average Bonchev–Trinajstić information content (AvgIpc) is 3.07. The molecule has 2 nitrogen and oxygen atoms in total. The molecule has 72 valence electrons. The Kier molecular flexibility index (Phi) is 1.71. The number of hydrogen-bond donors (Lipinski definition) is 0. The third kappa shape index (κ3) is 1.36. The van der Waals surface area contributed by atoms with Crippen LogP contribution in [0.1, 0.15) is 23.2 Å². The zero-order valence-electron chi connectivity index (χ0n) is 7.85. The molecule has 0 unspecified atom stereocenters. The van der Waals surface area contributed by atoms with Crippen molar-refractivity contribution in [1.82, 2.24) is 0 Å². The Balaban J connectivity index is 1.72. The Morgan fingerprint density at radius 3 is 2.57 bits per heavy atom. The van der Waals surface area contributed by atoms with Crippen LogP contribution in [-0.2, 0) is 4.74 Å². The van der Waals surface area contributed by atoms with Gasteiger partial charge >= 0.3 is 0 Å². The van der Waals surface area contributed by atoms with Crippen molar-refractivity contribution in [1.29, 1.82) is 0 Å². The normalized spacial score (nSPS) is 30.0. The number of rotatable bonds is 3. The maximum Gasteiger partial charge on any atom is 0.194 e. The maximum atomic E-state index is 11.8. The van der Waals surface area contributed by atoms with E-state index in [2.05, 4.69) is 0 Å². The van der Waals surface area contributed by atoms with Crippen molar-refractivity contribution in [3.05, 3.63) is 35.9 Å². The molecular weight excluding hydrogens is 176 g/mol. The van der Waals surface area contributed by atoms with Crippen LogP contribution in [-0.4, -0.2) is 18.0 Å². The smallest absolute Gasteiger partial charge is 0.194 e. The van der Waals surface area contributed by atoms with E-state index in [1.165, 1.54) is 12.8 Å². The summed E-state index contributed by atoms with van der Waals surface area (Å²) in [5, 5.41) is 0. The van der Waals surface area contributed by atoms with Crippen molar-refractivity contribution < 1.29 is 9.53 Å². The second-order valence-electron chi connectivity index (χ2n) is 4.09. The fourth-order valence-corrected chi connectivity index (χ4v) is 1.88. The van der Waals surface area contributed by atoms with E-state index in [0.717, 1.165) is 5.56 Å². The minimum atomic E-state index is -0.134. The van der Waals surface area contributed by atoms with Crippen molar-refractivity contribution in [3.63, 3.8) is 0 Å². The van der Waals surface area contributed by atoms with E-state index in [4.69, 9.17) is 4.74 Å². The molecule has 1 aromatic carbocycles. The molecule has 2 fully saturated rings. The van der Waals surface area contributed by atoms with Crippen LogP contribution in [0.2, 0.25) is 0 Å². The summed E-state index contributed by atoms with van der Waals surface area (Å²) in [7, 11) is 0. The number of ether oxygens (including phenoxy) is 1. The monoisotopic (exact) mass is 188 g/mol. The topological polar surface area (TPSA) is 29.6 Å². The van der Waals surface area contributed by atoms with Gasteiger partial charge in [-0.3, -0.25) is 4.79 Å². The Bertz CT molecular complexity index is 354. The number of epoxide rings is 1. The molecule has 0 radical (unpaired) electrons. The highest BCUT2D eigenvalue weighted by molar-refractivity contribution is 6.01. The lowest BCUT2D eigenvalue weighted by Crippen LogP contribution is -2.10. The first-order chi connectivity index (χ1) is 6.86. The van der Waals surface area contributed by atoms with Crippen LogP contribution < -0.4 is 0 Å². The molecule has 1 aliphatic carbocycles. The SMILES string of the molecule is O=C(c1ccccc1)[C@@H]1O[C@H]1C1CC1. The largest absolute Gasteiger partial charge is 0.361 e. The van der Waals surface area contributed by atoms with Gasteiger partial charge in [0.2, 0.25) is 0 Å². The molecular formula is C12H12O2.